The van der Waals surface area contributed by atoms with Crippen LogP contribution in [0.1, 0.15) is 11.1 Å². The lowest BCUT2D eigenvalue weighted by Crippen LogP contribution is -2.17. The Bertz CT molecular complexity index is 1410. The third-order valence-corrected chi connectivity index (χ3v) is 6.45. The topological polar surface area (TPSA) is 112 Å². The van der Waals surface area contributed by atoms with E-state index in [0.29, 0.717) is 15.7 Å². The summed E-state index contributed by atoms with van der Waals surface area (Å²) in [5.74, 6) is -0.279. The van der Waals surface area contributed by atoms with Gasteiger partial charge in [-0.05, 0) is 19.1 Å². The van der Waals surface area contributed by atoms with E-state index in [0.717, 1.165) is 28.6 Å². The van der Waals surface area contributed by atoms with Crippen molar-refractivity contribution in [3.05, 3.63) is 80.4 Å². The van der Waals surface area contributed by atoms with Crippen molar-refractivity contribution in [2.75, 3.05) is 11.1 Å². The Morgan fingerprint density at radius 1 is 1.15 bits per heavy atom. The van der Waals surface area contributed by atoms with E-state index in [-0.39, 0.29) is 28.1 Å². The van der Waals surface area contributed by atoms with Gasteiger partial charge in [0.1, 0.15) is 11.6 Å². The number of thioether (sulfide) groups is 1. The van der Waals surface area contributed by atoms with Crippen molar-refractivity contribution >= 4 is 45.7 Å². The number of halogens is 1. The normalized spacial score (nSPS) is 10.6. The molecule has 0 spiro atoms. The van der Waals surface area contributed by atoms with Crippen molar-refractivity contribution in [3.8, 4) is 28.6 Å². The number of hydrogen-bond donors (Lipinski definition) is 2. The SMILES string of the molecule is Cc1ccc(-c2csc(NC(=O)CSc3nc(-c4ccc(Cl)cc4)c(C#N)c(=O)[nH]3)n2)cc1. The first-order chi connectivity index (χ1) is 15.9. The van der Waals surface area contributed by atoms with Gasteiger partial charge in [0.15, 0.2) is 10.3 Å². The van der Waals surface area contributed by atoms with Crippen LogP contribution >= 0.6 is 34.7 Å². The van der Waals surface area contributed by atoms with Crippen LogP contribution in [0.5, 0.6) is 0 Å². The van der Waals surface area contributed by atoms with Crippen molar-refractivity contribution in [2.24, 2.45) is 0 Å². The number of anilines is 1. The smallest absolute Gasteiger partial charge is 0.270 e. The Labute approximate surface area is 202 Å². The maximum Gasteiger partial charge on any atom is 0.270 e. The number of benzene rings is 2. The Morgan fingerprint density at radius 3 is 2.55 bits per heavy atom. The Kier molecular flexibility index (Phi) is 6.89. The quantitative estimate of drug-likeness (QED) is 0.284. The molecular weight excluding hydrogens is 478 g/mol. The van der Waals surface area contributed by atoms with Crippen molar-refractivity contribution in [3.63, 3.8) is 0 Å². The van der Waals surface area contributed by atoms with E-state index in [2.05, 4.69) is 20.3 Å². The zero-order valence-electron chi connectivity index (χ0n) is 17.3. The molecule has 0 unspecified atom stereocenters. The number of aryl methyl sites for hydroxylation is 1. The molecule has 0 aliphatic rings. The number of thiazole rings is 1. The predicted octanol–water partition coefficient (Wildman–Crippen LogP) is 5.12. The molecule has 0 atom stereocenters. The van der Waals surface area contributed by atoms with Crippen LogP contribution in [-0.2, 0) is 4.79 Å². The molecule has 0 aliphatic carbocycles. The van der Waals surface area contributed by atoms with Crippen molar-refractivity contribution in [1.29, 1.82) is 5.26 Å². The van der Waals surface area contributed by atoms with E-state index >= 15 is 0 Å². The second-order valence-corrected chi connectivity index (χ2v) is 9.21. The van der Waals surface area contributed by atoms with Gasteiger partial charge < -0.3 is 10.3 Å². The highest BCUT2D eigenvalue weighted by molar-refractivity contribution is 7.99. The number of hydrogen-bond acceptors (Lipinski definition) is 7. The minimum absolute atomic E-state index is 0.00828. The second-order valence-electron chi connectivity index (χ2n) is 6.95. The Hall–Kier alpha value is -3.45. The first-order valence-corrected chi connectivity index (χ1v) is 11.9. The number of nitrogens with one attached hydrogen (secondary N) is 2. The first-order valence-electron chi connectivity index (χ1n) is 9.68. The molecule has 7 nitrogen and oxygen atoms in total. The predicted molar refractivity (Wildman–Crippen MR) is 132 cm³/mol. The lowest BCUT2D eigenvalue weighted by Gasteiger charge is -2.07. The van der Waals surface area contributed by atoms with E-state index in [1.165, 1.54) is 11.3 Å². The number of aromatic amines is 1. The molecule has 164 valence electrons. The van der Waals surface area contributed by atoms with E-state index < -0.39 is 5.56 Å². The summed E-state index contributed by atoms with van der Waals surface area (Å²) < 4.78 is 0. The first kappa shape index (κ1) is 22.7. The number of rotatable bonds is 6. The standard InChI is InChI=1S/C23H16ClN5O2S2/c1-13-2-4-14(5-3-13)18-11-32-22(26-18)27-19(30)12-33-23-28-20(17(10-25)21(31)29-23)15-6-8-16(24)9-7-15/h2-9,11H,12H2,1H3,(H,26,27,30)(H,28,29,31). The molecular formula is C23H16ClN5O2S2. The van der Waals surface area contributed by atoms with Crippen LogP contribution in [0.4, 0.5) is 5.13 Å². The maximum atomic E-state index is 12.4. The van der Waals surface area contributed by atoms with Crippen LogP contribution in [0, 0.1) is 18.3 Å². The largest absolute Gasteiger partial charge is 0.301 e. The van der Waals surface area contributed by atoms with Gasteiger partial charge in [-0.15, -0.1) is 11.3 Å². The number of amides is 1. The van der Waals surface area contributed by atoms with Crippen LogP contribution in [0.15, 0.2) is 63.9 Å². The highest BCUT2D eigenvalue weighted by Crippen LogP contribution is 2.26. The molecule has 1 amide bonds. The molecule has 0 saturated heterocycles. The van der Waals surface area contributed by atoms with Crippen molar-refractivity contribution in [2.45, 2.75) is 12.1 Å². The number of nitriles is 1. The lowest BCUT2D eigenvalue weighted by molar-refractivity contribution is -0.113. The lowest BCUT2D eigenvalue weighted by atomic mass is 10.1. The molecule has 2 N–H and O–H groups in total. The molecule has 0 bridgehead atoms. The number of aromatic nitrogens is 3. The van der Waals surface area contributed by atoms with Crippen molar-refractivity contribution < 1.29 is 4.79 Å². The van der Waals surface area contributed by atoms with Gasteiger partial charge in [-0.3, -0.25) is 9.59 Å². The summed E-state index contributed by atoms with van der Waals surface area (Å²) in [7, 11) is 0. The van der Waals surface area contributed by atoms with E-state index in [4.69, 9.17) is 11.6 Å². The molecule has 0 fully saturated rings. The summed E-state index contributed by atoms with van der Waals surface area (Å²) in [5.41, 5.74) is 3.08. The fourth-order valence-corrected chi connectivity index (χ4v) is 4.44. The zero-order chi connectivity index (χ0) is 23.4. The monoisotopic (exact) mass is 493 g/mol. The Morgan fingerprint density at radius 2 is 1.85 bits per heavy atom. The number of nitrogens with zero attached hydrogens (tertiary/aromatic N) is 3. The minimum Gasteiger partial charge on any atom is -0.301 e. The van der Waals surface area contributed by atoms with Crippen LogP contribution in [-0.4, -0.2) is 26.6 Å². The van der Waals surface area contributed by atoms with Gasteiger partial charge in [-0.25, -0.2) is 9.97 Å². The summed E-state index contributed by atoms with van der Waals surface area (Å²) in [4.78, 5) is 36.2. The van der Waals surface area contributed by atoms with Crippen LogP contribution < -0.4 is 10.9 Å². The number of H-pyrrole nitrogens is 1. The molecule has 0 aliphatic heterocycles. The van der Waals surface area contributed by atoms with Gasteiger partial charge in [0.25, 0.3) is 5.56 Å². The molecule has 2 heterocycles. The van der Waals surface area contributed by atoms with Gasteiger partial charge in [0, 0.05) is 21.5 Å². The third-order valence-electron chi connectivity index (χ3n) is 4.56. The molecule has 10 heteroatoms. The van der Waals surface area contributed by atoms with Gasteiger partial charge in [0.2, 0.25) is 5.91 Å². The number of carbonyl (C=O) groups is 1. The van der Waals surface area contributed by atoms with E-state index in [1.807, 2.05) is 42.6 Å². The molecule has 33 heavy (non-hydrogen) atoms. The summed E-state index contributed by atoms with van der Waals surface area (Å²) in [6, 6.07) is 16.5. The van der Waals surface area contributed by atoms with Crippen LogP contribution in [0.25, 0.3) is 22.5 Å². The highest BCUT2D eigenvalue weighted by atomic mass is 35.5. The number of carbonyl (C=O) groups excluding carboxylic acids is 1. The van der Waals surface area contributed by atoms with Gasteiger partial charge in [0.05, 0.1) is 17.1 Å². The third kappa shape index (κ3) is 5.49. The second kappa shape index (κ2) is 10.0. The highest BCUT2D eigenvalue weighted by Gasteiger charge is 2.15. The summed E-state index contributed by atoms with van der Waals surface area (Å²) in [6.45, 7) is 2.02. The minimum atomic E-state index is -0.567. The zero-order valence-corrected chi connectivity index (χ0v) is 19.6. The Balaban J connectivity index is 1.45. The summed E-state index contributed by atoms with van der Waals surface area (Å²) in [6.07, 6.45) is 0. The van der Waals surface area contributed by atoms with Crippen LogP contribution in [0.3, 0.4) is 0 Å². The van der Waals surface area contributed by atoms with Crippen LogP contribution in [0.2, 0.25) is 5.02 Å². The van der Waals surface area contributed by atoms with E-state index in [1.54, 1.807) is 24.3 Å². The molecule has 0 saturated carbocycles. The summed E-state index contributed by atoms with van der Waals surface area (Å²) in [5, 5.41) is 15.3. The fraction of sp³-hybridized carbons (Fsp3) is 0.0870. The molecule has 4 aromatic rings. The molecule has 4 rings (SSSR count). The van der Waals surface area contributed by atoms with E-state index in [9.17, 15) is 14.9 Å². The average Bonchev–Trinajstić information content (AvgIpc) is 3.26. The average molecular weight is 494 g/mol. The molecule has 2 aromatic carbocycles. The van der Waals surface area contributed by atoms with Gasteiger partial charge >= 0.3 is 0 Å². The van der Waals surface area contributed by atoms with Gasteiger partial charge in [-0.1, -0.05) is 65.3 Å². The van der Waals surface area contributed by atoms with Crippen molar-refractivity contribution in [1.82, 2.24) is 15.0 Å². The summed E-state index contributed by atoms with van der Waals surface area (Å²) >= 11 is 8.32. The maximum absolute atomic E-state index is 12.4. The molecule has 0 radical (unpaired) electrons. The van der Waals surface area contributed by atoms with Gasteiger partial charge in [-0.2, -0.15) is 5.26 Å². The fourth-order valence-electron chi connectivity index (χ4n) is 2.92. The molecule has 2 aromatic heterocycles.